The van der Waals surface area contributed by atoms with Crippen molar-refractivity contribution in [3.8, 4) is 23.0 Å². The van der Waals surface area contributed by atoms with E-state index >= 15 is 0 Å². The van der Waals surface area contributed by atoms with Crippen molar-refractivity contribution < 1.29 is 19.3 Å². The van der Waals surface area contributed by atoms with Gasteiger partial charge in [-0.25, -0.2) is 0 Å². The van der Waals surface area contributed by atoms with E-state index in [0.717, 1.165) is 42.1 Å². The van der Waals surface area contributed by atoms with Crippen LogP contribution in [-0.4, -0.2) is 30.5 Å². The molecule has 2 aromatic carbocycles. The molecule has 0 aliphatic carbocycles. The van der Waals surface area contributed by atoms with E-state index in [1.807, 2.05) is 6.07 Å². The monoisotopic (exact) mass is 323 g/mol. The van der Waals surface area contributed by atoms with Crippen molar-refractivity contribution in [2.24, 2.45) is 0 Å². The van der Waals surface area contributed by atoms with Gasteiger partial charge in [-0.05, 0) is 41.8 Å². The summed E-state index contributed by atoms with van der Waals surface area (Å²) >= 11 is 0. The maximum atomic E-state index is 10.0. The summed E-state index contributed by atoms with van der Waals surface area (Å²) in [5, 5.41) is 10.0. The maximum Gasteiger partial charge on any atom is 0.231 e. The van der Waals surface area contributed by atoms with Gasteiger partial charge in [0, 0.05) is 29.9 Å². The number of nitrogens with zero attached hydrogens (tertiary/aromatic N) is 1. The summed E-state index contributed by atoms with van der Waals surface area (Å²) in [7, 11) is 1.60. The lowest BCUT2D eigenvalue weighted by Gasteiger charge is -2.37. The smallest absolute Gasteiger partial charge is 0.231 e. The molecule has 0 radical (unpaired) electrons. The van der Waals surface area contributed by atoms with Gasteiger partial charge in [0.25, 0.3) is 0 Å². The normalized spacial score (nSPS) is 16.9. The number of phenols is 1. The molecule has 0 amide bonds. The number of methoxy groups -OCH3 is 1. The largest absolute Gasteiger partial charge is 0.504 e. The predicted molar refractivity (Wildman–Crippen MR) is 89.2 cm³/mol. The van der Waals surface area contributed by atoms with Crippen molar-refractivity contribution in [2.75, 3.05) is 20.4 Å². The highest BCUT2D eigenvalue weighted by Crippen LogP contribution is 2.45. The Hall–Kier alpha value is -2.82. The summed E-state index contributed by atoms with van der Waals surface area (Å²) in [6.07, 6.45) is 3.13. The summed E-state index contributed by atoms with van der Waals surface area (Å²) < 4.78 is 16.5. The first kappa shape index (κ1) is 13.6. The van der Waals surface area contributed by atoms with Gasteiger partial charge in [0.15, 0.2) is 23.0 Å². The second-order valence-electron chi connectivity index (χ2n) is 6.25. The van der Waals surface area contributed by atoms with Gasteiger partial charge in [-0.2, -0.15) is 0 Å². The van der Waals surface area contributed by atoms with Crippen LogP contribution in [0.3, 0.4) is 0 Å². The first-order valence-electron chi connectivity index (χ1n) is 8.03. The fourth-order valence-corrected chi connectivity index (χ4v) is 3.80. The number of rotatable bonds is 1. The van der Waals surface area contributed by atoms with Crippen LogP contribution in [0.15, 0.2) is 24.3 Å². The molecular formula is C19H17NO4. The van der Waals surface area contributed by atoms with Gasteiger partial charge in [-0.3, -0.25) is 0 Å². The minimum Gasteiger partial charge on any atom is -0.504 e. The summed E-state index contributed by atoms with van der Waals surface area (Å²) in [5.74, 6) is 2.41. The second-order valence-corrected chi connectivity index (χ2v) is 6.25. The van der Waals surface area contributed by atoms with E-state index in [1.165, 1.54) is 16.8 Å². The zero-order valence-electron chi connectivity index (χ0n) is 13.3. The van der Waals surface area contributed by atoms with Gasteiger partial charge in [0.2, 0.25) is 6.79 Å². The summed E-state index contributed by atoms with van der Waals surface area (Å²) in [4.78, 5) is 2.33. The topological polar surface area (TPSA) is 51.2 Å². The molecule has 0 fully saturated rings. The minimum atomic E-state index is 0.189. The third-order valence-electron chi connectivity index (χ3n) is 4.99. The number of hydrogen-bond donors (Lipinski definition) is 1. The van der Waals surface area contributed by atoms with Gasteiger partial charge < -0.3 is 24.2 Å². The van der Waals surface area contributed by atoms with Crippen LogP contribution >= 0.6 is 0 Å². The molecule has 3 aliphatic heterocycles. The quantitative estimate of drug-likeness (QED) is 0.874. The Labute approximate surface area is 139 Å². The summed E-state index contributed by atoms with van der Waals surface area (Å²) in [6.45, 7) is 1.95. The van der Waals surface area contributed by atoms with E-state index < -0.39 is 0 Å². The van der Waals surface area contributed by atoms with Crippen molar-refractivity contribution in [3.05, 3.63) is 46.5 Å². The Balaban J connectivity index is 1.68. The fourth-order valence-electron chi connectivity index (χ4n) is 3.80. The van der Waals surface area contributed by atoms with Gasteiger partial charge in [0.1, 0.15) is 0 Å². The summed E-state index contributed by atoms with van der Waals surface area (Å²) in [6, 6.07) is 7.81. The first-order chi connectivity index (χ1) is 11.7. The Morgan fingerprint density at radius 3 is 2.83 bits per heavy atom. The SMILES string of the molecule is COc1c(O)ccc2c1CN1CCc3cc4c(cc3C1=C2)OCO4. The standard InChI is InChI=1S/C19H17NO4/c1-22-19-14-9-20-5-4-12-7-17-18(24-10-23-17)8-13(12)15(20)6-11(14)2-3-16(19)21/h2-3,6-8,21H,4-5,9-10H2,1H3. The molecule has 5 heteroatoms. The van der Waals surface area contributed by atoms with Gasteiger partial charge in [0.05, 0.1) is 7.11 Å². The van der Waals surface area contributed by atoms with Crippen molar-refractivity contribution in [3.63, 3.8) is 0 Å². The van der Waals surface area contributed by atoms with Crippen LogP contribution in [0, 0.1) is 0 Å². The molecule has 1 N–H and O–H groups in total. The number of fused-ring (bicyclic) bond motifs is 5. The molecule has 0 unspecified atom stereocenters. The molecule has 3 heterocycles. The Bertz CT molecular complexity index is 887. The van der Waals surface area contributed by atoms with Crippen molar-refractivity contribution in [1.29, 1.82) is 0 Å². The number of aromatic hydroxyl groups is 1. The van der Waals surface area contributed by atoms with Gasteiger partial charge in [-0.1, -0.05) is 6.07 Å². The molecule has 0 aromatic heterocycles. The highest BCUT2D eigenvalue weighted by Gasteiger charge is 2.29. The van der Waals surface area contributed by atoms with Crippen LogP contribution in [0.2, 0.25) is 0 Å². The van der Waals surface area contributed by atoms with Crippen LogP contribution in [0.5, 0.6) is 23.0 Å². The highest BCUT2D eigenvalue weighted by molar-refractivity contribution is 5.87. The maximum absolute atomic E-state index is 10.0. The van der Waals surface area contributed by atoms with Gasteiger partial charge in [-0.15, -0.1) is 0 Å². The molecule has 0 spiro atoms. The molecule has 5 rings (SSSR count). The molecule has 0 saturated carbocycles. The zero-order valence-corrected chi connectivity index (χ0v) is 13.3. The molecule has 0 saturated heterocycles. The van der Waals surface area contributed by atoms with Crippen LogP contribution in [-0.2, 0) is 13.0 Å². The predicted octanol–water partition coefficient (Wildman–Crippen LogP) is 3.00. The van der Waals surface area contributed by atoms with Crippen LogP contribution in [0.25, 0.3) is 11.8 Å². The third-order valence-corrected chi connectivity index (χ3v) is 4.99. The molecule has 5 nitrogen and oxygen atoms in total. The number of hydrogen-bond acceptors (Lipinski definition) is 5. The second kappa shape index (κ2) is 4.84. The average molecular weight is 323 g/mol. The molecule has 122 valence electrons. The molecule has 24 heavy (non-hydrogen) atoms. The first-order valence-corrected chi connectivity index (χ1v) is 8.03. The Morgan fingerprint density at radius 2 is 2.00 bits per heavy atom. The summed E-state index contributed by atoms with van der Waals surface area (Å²) in [5.41, 5.74) is 5.79. The van der Waals surface area contributed by atoms with Crippen LogP contribution < -0.4 is 14.2 Å². The van der Waals surface area contributed by atoms with Gasteiger partial charge >= 0.3 is 0 Å². The molecule has 3 aliphatic rings. The molecular weight excluding hydrogens is 306 g/mol. The molecule has 0 atom stereocenters. The van der Waals surface area contributed by atoms with E-state index in [-0.39, 0.29) is 5.75 Å². The van der Waals surface area contributed by atoms with Crippen molar-refractivity contribution >= 4 is 11.8 Å². The van der Waals surface area contributed by atoms with Crippen molar-refractivity contribution in [1.82, 2.24) is 4.90 Å². The lowest BCUT2D eigenvalue weighted by Crippen LogP contribution is -2.31. The minimum absolute atomic E-state index is 0.189. The number of ether oxygens (including phenoxy) is 3. The van der Waals surface area contributed by atoms with E-state index in [9.17, 15) is 5.11 Å². The lowest BCUT2D eigenvalue weighted by atomic mass is 9.90. The molecule has 2 aromatic rings. The third kappa shape index (κ3) is 1.81. The van der Waals surface area contributed by atoms with E-state index in [2.05, 4.69) is 23.1 Å². The van der Waals surface area contributed by atoms with E-state index in [0.29, 0.717) is 12.5 Å². The lowest BCUT2D eigenvalue weighted by molar-refractivity contribution is 0.174. The fraction of sp³-hybridized carbons (Fsp3) is 0.263. The van der Waals surface area contributed by atoms with E-state index in [4.69, 9.17) is 14.2 Å². The van der Waals surface area contributed by atoms with Crippen LogP contribution in [0.1, 0.15) is 22.3 Å². The average Bonchev–Trinajstić information content (AvgIpc) is 3.05. The van der Waals surface area contributed by atoms with Crippen molar-refractivity contribution in [2.45, 2.75) is 13.0 Å². The zero-order chi connectivity index (χ0) is 16.3. The number of phenolic OH excluding ortho intramolecular Hbond substituents is 1. The highest BCUT2D eigenvalue weighted by atomic mass is 16.7. The van der Waals surface area contributed by atoms with E-state index in [1.54, 1.807) is 13.2 Å². The Morgan fingerprint density at radius 1 is 1.17 bits per heavy atom. The molecule has 0 bridgehead atoms. The van der Waals surface area contributed by atoms with Crippen LogP contribution in [0.4, 0.5) is 0 Å². The number of benzene rings is 2. The Kier molecular flexibility index (Phi) is 2.74.